The number of hydrogen-bond acceptors (Lipinski definition) is 2. The maximum Gasteiger partial charge on any atom is -0.00743 e. The molecule has 0 amide bonds. The van der Waals surface area contributed by atoms with E-state index in [9.17, 15) is 0 Å². The fourth-order valence-corrected chi connectivity index (χ4v) is 1.63. The summed E-state index contributed by atoms with van der Waals surface area (Å²) < 4.78 is 0. The number of benzene rings is 1. The third-order valence-corrected chi connectivity index (χ3v) is 2.71. The second kappa shape index (κ2) is 9.63. The van der Waals surface area contributed by atoms with Crippen molar-refractivity contribution in [3.8, 4) is 0 Å². The normalized spacial score (nSPS) is 11.7. The molecule has 2 nitrogen and oxygen atoms in total. The van der Waals surface area contributed by atoms with Crippen molar-refractivity contribution in [2.24, 2.45) is 11.5 Å². The minimum absolute atomic E-state index is 0.761. The van der Waals surface area contributed by atoms with Gasteiger partial charge < -0.3 is 11.5 Å². The van der Waals surface area contributed by atoms with Crippen LogP contribution in [0.4, 0.5) is 0 Å². The van der Waals surface area contributed by atoms with Gasteiger partial charge in [0, 0.05) is 0 Å². The van der Waals surface area contributed by atoms with Crippen LogP contribution in [0.2, 0.25) is 0 Å². The Bertz CT molecular complexity index is 326. The Morgan fingerprint density at radius 3 is 1.44 bits per heavy atom. The lowest BCUT2D eigenvalue weighted by atomic mass is 10.1. The first-order valence-electron chi connectivity index (χ1n) is 6.70. The van der Waals surface area contributed by atoms with Crippen LogP contribution in [-0.4, -0.2) is 13.1 Å². The largest absolute Gasteiger partial charge is 0.330 e. The monoisotopic (exact) mass is 244 g/mol. The number of allylic oxidation sites excluding steroid dienone is 2. The van der Waals surface area contributed by atoms with Gasteiger partial charge >= 0.3 is 0 Å². The van der Waals surface area contributed by atoms with Gasteiger partial charge in [0.1, 0.15) is 0 Å². The third-order valence-electron chi connectivity index (χ3n) is 2.71. The third kappa shape index (κ3) is 6.38. The molecule has 0 aliphatic rings. The molecule has 0 aromatic heterocycles. The SMILES string of the molecule is NCCCC=Cc1ccc(C=CCCCN)cc1. The van der Waals surface area contributed by atoms with Crippen LogP contribution >= 0.6 is 0 Å². The highest BCUT2D eigenvalue weighted by Crippen LogP contribution is 2.09. The molecule has 98 valence electrons. The van der Waals surface area contributed by atoms with Gasteiger partial charge in [-0.3, -0.25) is 0 Å². The molecule has 0 aliphatic heterocycles. The number of hydrogen-bond donors (Lipinski definition) is 2. The Kier molecular flexibility index (Phi) is 7.85. The van der Waals surface area contributed by atoms with Crippen molar-refractivity contribution in [2.75, 3.05) is 13.1 Å². The molecule has 0 unspecified atom stereocenters. The molecule has 1 aromatic carbocycles. The zero-order valence-electron chi connectivity index (χ0n) is 11.0. The van der Waals surface area contributed by atoms with Gasteiger partial charge in [0.2, 0.25) is 0 Å². The number of unbranched alkanes of at least 4 members (excludes halogenated alkanes) is 2. The Balaban J connectivity index is 2.42. The van der Waals surface area contributed by atoms with Crippen LogP contribution in [0.5, 0.6) is 0 Å². The molecular formula is C16H24N2. The van der Waals surface area contributed by atoms with Crippen LogP contribution in [0.3, 0.4) is 0 Å². The standard InChI is InChI=1S/C16H24N2/c17-13-5-1-3-7-15-9-11-16(12-10-15)8-4-2-6-14-18/h3-4,7-12H,1-2,5-6,13-14,17-18H2. The molecule has 4 N–H and O–H groups in total. The summed E-state index contributed by atoms with van der Waals surface area (Å²) >= 11 is 0. The molecule has 0 heterocycles. The van der Waals surface area contributed by atoms with Crippen LogP contribution in [0.15, 0.2) is 36.4 Å². The first-order chi connectivity index (χ1) is 8.86. The molecule has 0 spiro atoms. The van der Waals surface area contributed by atoms with Crippen LogP contribution < -0.4 is 11.5 Å². The first kappa shape index (κ1) is 14.7. The molecule has 0 bridgehead atoms. The smallest absolute Gasteiger partial charge is 0.00743 e. The van der Waals surface area contributed by atoms with Crippen LogP contribution in [0, 0.1) is 0 Å². The summed E-state index contributed by atoms with van der Waals surface area (Å²) in [5.74, 6) is 0. The van der Waals surface area contributed by atoms with Crippen molar-refractivity contribution in [3.05, 3.63) is 47.5 Å². The summed E-state index contributed by atoms with van der Waals surface area (Å²) in [7, 11) is 0. The van der Waals surface area contributed by atoms with Gasteiger partial charge in [-0.25, -0.2) is 0 Å². The second-order valence-corrected chi connectivity index (χ2v) is 4.33. The second-order valence-electron chi connectivity index (χ2n) is 4.33. The minimum Gasteiger partial charge on any atom is -0.330 e. The van der Waals surface area contributed by atoms with E-state index in [2.05, 4.69) is 48.6 Å². The van der Waals surface area contributed by atoms with Crippen molar-refractivity contribution in [3.63, 3.8) is 0 Å². The van der Waals surface area contributed by atoms with E-state index >= 15 is 0 Å². The van der Waals surface area contributed by atoms with E-state index in [1.165, 1.54) is 11.1 Å². The zero-order chi connectivity index (χ0) is 13.1. The highest BCUT2D eigenvalue weighted by atomic mass is 14.5. The highest BCUT2D eigenvalue weighted by Gasteiger charge is 1.88. The molecule has 0 fully saturated rings. The predicted octanol–water partition coefficient (Wildman–Crippen LogP) is 3.19. The molecule has 0 aliphatic carbocycles. The van der Waals surface area contributed by atoms with Gasteiger partial charge in [0.05, 0.1) is 0 Å². The Morgan fingerprint density at radius 1 is 0.722 bits per heavy atom. The molecule has 0 radical (unpaired) electrons. The van der Waals surface area contributed by atoms with Crippen molar-refractivity contribution in [1.82, 2.24) is 0 Å². The van der Waals surface area contributed by atoms with Gasteiger partial charge in [-0.2, -0.15) is 0 Å². The zero-order valence-corrected chi connectivity index (χ0v) is 11.0. The fraction of sp³-hybridized carbons (Fsp3) is 0.375. The van der Waals surface area contributed by atoms with Crippen molar-refractivity contribution < 1.29 is 0 Å². The van der Waals surface area contributed by atoms with E-state index < -0.39 is 0 Å². The summed E-state index contributed by atoms with van der Waals surface area (Å²) in [6.07, 6.45) is 12.9. The van der Waals surface area contributed by atoms with Gasteiger partial charge in [-0.05, 0) is 49.9 Å². The maximum absolute atomic E-state index is 5.45. The van der Waals surface area contributed by atoms with Gasteiger partial charge in [0.15, 0.2) is 0 Å². The van der Waals surface area contributed by atoms with E-state index in [0.29, 0.717) is 0 Å². The van der Waals surface area contributed by atoms with Crippen LogP contribution in [0.25, 0.3) is 12.2 Å². The van der Waals surface area contributed by atoms with Gasteiger partial charge in [0.25, 0.3) is 0 Å². The van der Waals surface area contributed by atoms with E-state index in [0.717, 1.165) is 38.8 Å². The fourth-order valence-electron chi connectivity index (χ4n) is 1.63. The summed E-state index contributed by atoms with van der Waals surface area (Å²) in [6, 6.07) is 8.56. The quantitative estimate of drug-likeness (QED) is 0.690. The average molecular weight is 244 g/mol. The lowest BCUT2D eigenvalue weighted by molar-refractivity contribution is 0.857. The van der Waals surface area contributed by atoms with E-state index in [4.69, 9.17) is 11.5 Å². The van der Waals surface area contributed by atoms with Gasteiger partial charge in [-0.15, -0.1) is 0 Å². The highest BCUT2D eigenvalue weighted by molar-refractivity contribution is 5.55. The van der Waals surface area contributed by atoms with Gasteiger partial charge in [-0.1, -0.05) is 48.6 Å². The number of nitrogens with two attached hydrogens (primary N) is 2. The molecule has 0 saturated heterocycles. The number of rotatable bonds is 8. The molecule has 0 atom stereocenters. The first-order valence-corrected chi connectivity index (χ1v) is 6.70. The average Bonchev–Trinajstić information content (AvgIpc) is 2.41. The lowest BCUT2D eigenvalue weighted by Crippen LogP contribution is -1.96. The Morgan fingerprint density at radius 2 is 1.11 bits per heavy atom. The molecule has 0 saturated carbocycles. The molecule has 2 heteroatoms. The summed E-state index contributed by atoms with van der Waals surface area (Å²) in [5.41, 5.74) is 13.4. The van der Waals surface area contributed by atoms with Crippen molar-refractivity contribution in [2.45, 2.75) is 25.7 Å². The van der Waals surface area contributed by atoms with Crippen molar-refractivity contribution >= 4 is 12.2 Å². The summed E-state index contributed by atoms with van der Waals surface area (Å²) in [4.78, 5) is 0. The summed E-state index contributed by atoms with van der Waals surface area (Å²) in [6.45, 7) is 1.52. The summed E-state index contributed by atoms with van der Waals surface area (Å²) in [5, 5.41) is 0. The molecular weight excluding hydrogens is 220 g/mol. The van der Waals surface area contributed by atoms with E-state index in [1.54, 1.807) is 0 Å². The molecule has 1 rings (SSSR count). The molecule has 1 aromatic rings. The van der Waals surface area contributed by atoms with E-state index in [-0.39, 0.29) is 0 Å². The minimum atomic E-state index is 0.761. The lowest BCUT2D eigenvalue weighted by Gasteiger charge is -1.96. The van der Waals surface area contributed by atoms with E-state index in [1.807, 2.05) is 0 Å². The Labute approximate surface area is 110 Å². The van der Waals surface area contributed by atoms with Crippen LogP contribution in [0.1, 0.15) is 36.8 Å². The Hall–Kier alpha value is -1.38. The maximum atomic E-state index is 5.45. The van der Waals surface area contributed by atoms with Crippen molar-refractivity contribution in [1.29, 1.82) is 0 Å². The van der Waals surface area contributed by atoms with Crippen LogP contribution in [-0.2, 0) is 0 Å². The predicted molar refractivity (Wildman–Crippen MR) is 81.1 cm³/mol. The topological polar surface area (TPSA) is 52.0 Å². The molecule has 18 heavy (non-hydrogen) atoms.